The van der Waals surface area contributed by atoms with E-state index in [0.717, 1.165) is 5.75 Å². The van der Waals surface area contributed by atoms with Crippen molar-refractivity contribution in [1.82, 2.24) is 0 Å². The van der Waals surface area contributed by atoms with E-state index in [0.29, 0.717) is 0 Å². The first kappa shape index (κ1) is 13.5. The number of rotatable bonds is 4. The summed E-state index contributed by atoms with van der Waals surface area (Å²) in [5, 5.41) is 0. The number of hydrogen-bond donors (Lipinski definition) is 0. The third-order valence-electron chi connectivity index (χ3n) is 2.82. The highest BCUT2D eigenvalue weighted by molar-refractivity contribution is 9.09. The Morgan fingerprint density at radius 3 is 2.33 bits per heavy atom. The van der Waals surface area contributed by atoms with Gasteiger partial charge in [-0.3, -0.25) is 0 Å². The second-order valence-corrected chi connectivity index (χ2v) is 5.64. The molecule has 0 aromatic heterocycles. The summed E-state index contributed by atoms with van der Waals surface area (Å²) in [5.41, 5.74) is 2.53. The van der Waals surface area contributed by atoms with Gasteiger partial charge in [-0.05, 0) is 35.6 Å². The van der Waals surface area contributed by atoms with Crippen molar-refractivity contribution in [2.24, 2.45) is 0 Å². The highest BCUT2D eigenvalue weighted by Crippen LogP contribution is 2.36. The number of benzene rings is 2. The smallest absolute Gasteiger partial charge is 0.118 e. The van der Waals surface area contributed by atoms with E-state index in [1.165, 1.54) is 16.0 Å². The lowest BCUT2D eigenvalue weighted by atomic mass is 10.0. The summed E-state index contributed by atoms with van der Waals surface area (Å²) in [6.45, 7) is 0. The van der Waals surface area contributed by atoms with Gasteiger partial charge in [-0.15, -0.1) is 11.8 Å². The van der Waals surface area contributed by atoms with Crippen LogP contribution in [0.5, 0.6) is 5.75 Å². The van der Waals surface area contributed by atoms with E-state index in [1.54, 1.807) is 18.9 Å². The first-order valence-electron chi connectivity index (χ1n) is 5.67. The molecule has 0 heterocycles. The molecule has 0 fully saturated rings. The molecule has 1 unspecified atom stereocenters. The summed E-state index contributed by atoms with van der Waals surface area (Å²) in [6, 6.07) is 16.6. The Morgan fingerprint density at radius 1 is 1.06 bits per heavy atom. The molecule has 0 aliphatic heterocycles. The molecule has 18 heavy (non-hydrogen) atoms. The zero-order valence-electron chi connectivity index (χ0n) is 10.4. The normalized spacial score (nSPS) is 12.2. The van der Waals surface area contributed by atoms with Gasteiger partial charge in [0.25, 0.3) is 0 Å². The van der Waals surface area contributed by atoms with Crippen LogP contribution in [0.25, 0.3) is 0 Å². The number of methoxy groups -OCH3 is 1. The number of halogens is 1. The van der Waals surface area contributed by atoms with Crippen LogP contribution < -0.4 is 4.74 Å². The molecule has 0 aliphatic carbocycles. The molecule has 0 radical (unpaired) electrons. The van der Waals surface area contributed by atoms with E-state index < -0.39 is 0 Å². The SMILES string of the molecule is COc1ccc(C(Br)c2ccccc2SC)cc1. The Morgan fingerprint density at radius 2 is 1.72 bits per heavy atom. The average molecular weight is 323 g/mol. The molecule has 0 saturated heterocycles. The average Bonchev–Trinajstić information content (AvgIpc) is 2.46. The van der Waals surface area contributed by atoms with Crippen LogP contribution >= 0.6 is 27.7 Å². The van der Waals surface area contributed by atoms with Crippen LogP contribution in [0.1, 0.15) is 16.0 Å². The summed E-state index contributed by atoms with van der Waals surface area (Å²) in [5.74, 6) is 0.886. The molecule has 1 atom stereocenters. The molecule has 2 aromatic carbocycles. The van der Waals surface area contributed by atoms with Gasteiger partial charge in [-0.1, -0.05) is 46.3 Å². The quantitative estimate of drug-likeness (QED) is 0.584. The zero-order valence-corrected chi connectivity index (χ0v) is 12.8. The molecule has 94 valence electrons. The maximum Gasteiger partial charge on any atom is 0.118 e. The maximum atomic E-state index is 5.18. The Labute approximate surface area is 121 Å². The molecule has 0 N–H and O–H groups in total. The minimum atomic E-state index is 0.215. The fourth-order valence-electron chi connectivity index (χ4n) is 1.83. The first-order chi connectivity index (χ1) is 8.76. The van der Waals surface area contributed by atoms with Crippen molar-refractivity contribution in [2.45, 2.75) is 9.72 Å². The first-order valence-corrected chi connectivity index (χ1v) is 7.81. The summed E-state index contributed by atoms with van der Waals surface area (Å²) in [4.78, 5) is 1.52. The second-order valence-electron chi connectivity index (χ2n) is 3.88. The van der Waals surface area contributed by atoms with Crippen molar-refractivity contribution in [2.75, 3.05) is 13.4 Å². The van der Waals surface area contributed by atoms with Crippen LogP contribution in [0.2, 0.25) is 0 Å². The Kier molecular flexibility index (Phi) is 4.72. The summed E-state index contributed by atoms with van der Waals surface area (Å²) >= 11 is 5.55. The molecule has 0 saturated carbocycles. The predicted molar refractivity (Wildman–Crippen MR) is 82.0 cm³/mol. The largest absolute Gasteiger partial charge is 0.497 e. The van der Waals surface area contributed by atoms with Crippen LogP contribution in [-0.2, 0) is 0 Å². The fraction of sp³-hybridized carbons (Fsp3) is 0.200. The lowest BCUT2D eigenvalue weighted by Crippen LogP contribution is -1.95. The third-order valence-corrected chi connectivity index (χ3v) is 4.65. The standard InChI is InChI=1S/C15H15BrOS/c1-17-12-9-7-11(8-10-12)15(16)13-5-3-4-6-14(13)18-2/h3-10,15H,1-2H3. The van der Waals surface area contributed by atoms with Gasteiger partial charge >= 0.3 is 0 Å². The van der Waals surface area contributed by atoms with Crippen molar-refractivity contribution in [1.29, 1.82) is 0 Å². The molecular formula is C15H15BrOS. The molecule has 0 spiro atoms. The van der Waals surface area contributed by atoms with E-state index in [2.05, 4.69) is 58.6 Å². The second kappa shape index (κ2) is 6.30. The van der Waals surface area contributed by atoms with E-state index in [-0.39, 0.29) is 4.83 Å². The molecule has 1 nitrogen and oxygen atoms in total. The molecule has 0 amide bonds. The highest BCUT2D eigenvalue weighted by atomic mass is 79.9. The third kappa shape index (κ3) is 2.90. The van der Waals surface area contributed by atoms with Crippen LogP contribution in [0, 0.1) is 0 Å². The Balaban J connectivity index is 2.31. The van der Waals surface area contributed by atoms with Gasteiger partial charge < -0.3 is 4.74 Å². The number of alkyl halides is 1. The molecule has 3 heteroatoms. The minimum Gasteiger partial charge on any atom is -0.497 e. The Bertz CT molecular complexity index is 510. The molecular weight excluding hydrogens is 308 g/mol. The zero-order chi connectivity index (χ0) is 13.0. The topological polar surface area (TPSA) is 9.23 Å². The van der Waals surface area contributed by atoms with Crippen LogP contribution in [0.15, 0.2) is 53.4 Å². The van der Waals surface area contributed by atoms with Crippen molar-refractivity contribution >= 4 is 27.7 Å². The van der Waals surface area contributed by atoms with Gasteiger partial charge in [0.05, 0.1) is 11.9 Å². The van der Waals surface area contributed by atoms with Gasteiger partial charge in [0.2, 0.25) is 0 Å². The van der Waals surface area contributed by atoms with Gasteiger partial charge in [-0.2, -0.15) is 0 Å². The highest BCUT2D eigenvalue weighted by Gasteiger charge is 2.13. The van der Waals surface area contributed by atoms with Gasteiger partial charge in [-0.25, -0.2) is 0 Å². The van der Waals surface area contributed by atoms with Crippen molar-refractivity contribution < 1.29 is 4.74 Å². The van der Waals surface area contributed by atoms with E-state index in [9.17, 15) is 0 Å². The molecule has 0 bridgehead atoms. The number of hydrogen-bond acceptors (Lipinski definition) is 2. The number of thioether (sulfide) groups is 1. The molecule has 0 aliphatic rings. The van der Waals surface area contributed by atoms with E-state index in [1.807, 2.05) is 12.1 Å². The van der Waals surface area contributed by atoms with Crippen molar-refractivity contribution in [3.05, 3.63) is 59.7 Å². The van der Waals surface area contributed by atoms with Crippen LogP contribution in [0.4, 0.5) is 0 Å². The molecule has 2 aromatic rings. The van der Waals surface area contributed by atoms with Gasteiger partial charge in [0, 0.05) is 4.90 Å². The molecule has 2 rings (SSSR count). The predicted octanol–water partition coefficient (Wildman–Crippen LogP) is 4.90. The summed E-state index contributed by atoms with van der Waals surface area (Å²) < 4.78 is 5.18. The van der Waals surface area contributed by atoms with Crippen LogP contribution in [0.3, 0.4) is 0 Å². The summed E-state index contributed by atoms with van der Waals surface area (Å²) in [7, 11) is 1.68. The minimum absolute atomic E-state index is 0.215. The van der Waals surface area contributed by atoms with Crippen LogP contribution in [-0.4, -0.2) is 13.4 Å². The lowest BCUT2D eigenvalue weighted by Gasteiger charge is -2.14. The lowest BCUT2D eigenvalue weighted by molar-refractivity contribution is 0.414. The maximum absolute atomic E-state index is 5.18. The van der Waals surface area contributed by atoms with Gasteiger partial charge in [0.15, 0.2) is 0 Å². The Hall–Kier alpha value is -0.930. The van der Waals surface area contributed by atoms with Gasteiger partial charge in [0.1, 0.15) is 5.75 Å². The van der Waals surface area contributed by atoms with Crippen molar-refractivity contribution in [3.8, 4) is 5.75 Å². The summed E-state index contributed by atoms with van der Waals surface area (Å²) in [6.07, 6.45) is 2.10. The van der Waals surface area contributed by atoms with E-state index >= 15 is 0 Å². The van der Waals surface area contributed by atoms with Crippen molar-refractivity contribution in [3.63, 3.8) is 0 Å². The van der Waals surface area contributed by atoms with E-state index in [4.69, 9.17) is 4.74 Å². The monoisotopic (exact) mass is 322 g/mol. The fourth-order valence-corrected chi connectivity index (χ4v) is 3.32. The number of ether oxygens (including phenoxy) is 1.